The fourth-order valence-corrected chi connectivity index (χ4v) is 3.28. The Hall–Kier alpha value is -3.88. The lowest BCUT2D eigenvalue weighted by Crippen LogP contribution is -2.14. The zero-order chi connectivity index (χ0) is 22.0. The molecule has 0 bridgehead atoms. The summed E-state index contributed by atoms with van der Waals surface area (Å²) in [4.78, 5) is 19.3. The van der Waals surface area contributed by atoms with E-state index in [-0.39, 0.29) is 11.4 Å². The molecule has 31 heavy (non-hydrogen) atoms. The standard InChI is InChI=1S/C22H22FN5O3/c1-4-31-16-8-6-15(7-9-16)28-21(18-13-24-22(29)27(18)2)25-20(26-28)12-14-5-10-19(30-3)17(23)11-14/h5-11,13H,4,12H2,1-3H3,(H,24,29). The molecule has 2 aromatic heterocycles. The van der Waals surface area contributed by atoms with E-state index in [2.05, 4.69) is 15.1 Å². The summed E-state index contributed by atoms with van der Waals surface area (Å²) in [5, 5.41) is 4.63. The van der Waals surface area contributed by atoms with Gasteiger partial charge in [-0.05, 0) is 48.9 Å². The summed E-state index contributed by atoms with van der Waals surface area (Å²) in [5.74, 6) is 1.46. The van der Waals surface area contributed by atoms with Crippen molar-refractivity contribution in [1.82, 2.24) is 24.3 Å². The SMILES string of the molecule is CCOc1ccc(-n2nc(Cc3ccc(OC)c(F)c3)nc2-c2c[nH]c(=O)n2C)cc1. The Bertz CT molecular complexity index is 1260. The maximum Gasteiger partial charge on any atom is 0.325 e. The third-order valence-electron chi connectivity index (χ3n) is 4.85. The van der Waals surface area contributed by atoms with Crippen LogP contribution >= 0.6 is 0 Å². The topological polar surface area (TPSA) is 87.0 Å². The average molecular weight is 423 g/mol. The van der Waals surface area contributed by atoms with Crippen LogP contribution in [0.2, 0.25) is 0 Å². The molecular formula is C22H22FN5O3. The van der Waals surface area contributed by atoms with E-state index < -0.39 is 5.82 Å². The molecule has 0 saturated heterocycles. The molecule has 4 rings (SSSR count). The largest absolute Gasteiger partial charge is 0.494 e. The highest BCUT2D eigenvalue weighted by Gasteiger charge is 2.18. The molecule has 0 aliphatic heterocycles. The maximum absolute atomic E-state index is 14.1. The number of aromatic nitrogens is 5. The van der Waals surface area contributed by atoms with Crippen LogP contribution in [0.5, 0.6) is 11.5 Å². The van der Waals surface area contributed by atoms with Crippen molar-refractivity contribution in [3.05, 3.63) is 76.4 Å². The van der Waals surface area contributed by atoms with Crippen molar-refractivity contribution in [2.24, 2.45) is 7.05 Å². The van der Waals surface area contributed by atoms with Gasteiger partial charge in [0.15, 0.2) is 23.2 Å². The third kappa shape index (κ3) is 4.07. The number of imidazole rings is 1. The number of ether oxygens (including phenoxy) is 2. The summed E-state index contributed by atoms with van der Waals surface area (Å²) in [6, 6.07) is 12.2. The maximum atomic E-state index is 14.1. The number of rotatable bonds is 7. The molecule has 160 valence electrons. The first-order valence-electron chi connectivity index (χ1n) is 9.76. The van der Waals surface area contributed by atoms with E-state index in [9.17, 15) is 9.18 Å². The summed E-state index contributed by atoms with van der Waals surface area (Å²) in [6.07, 6.45) is 1.91. The second-order valence-electron chi connectivity index (χ2n) is 6.87. The van der Waals surface area contributed by atoms with Crippen LogP contribution in [0, 0.1) is 5.82 Å². The quantitative estimate of drug-likeness (QED) is 0.494. The minimum atomic E-state index is -0.445. The van der Waals surface area contributed by atoms with E-state index in [1.165, 1.54) is 17.7 Å². The van der Waals surface area contributed by atoms with Gasteiger partial charge >= 0.3 is 5.69 Å². The van der Waals surface area contributed by atoms with Crippen LogP contribution in [-0.2, 0) is 13.5 Å². The van der Waals surface area contributed by atoms with Gasteiger partial charge in [-0.2, -0.15) is 5.10 Å². The monoisotopic (exact) mass is 423 g/mol. The second kappa shape index (κ2) is 8.47. The van der Waals surface area contributed by atoms with Crippen molar-refractivity contribution in [3.63, 3.8) is 0 Å². The Morgan fingerprint density at radius 2 is 1.94 bits per heavy atom. The van der Waals surface area contributed by atoms with E-state index in [0.717, 1.165) is 11.4 Å². The van der Waals surface area contributed by atoms with Crippen LogP contribution in [0.25, 0.3) is 17.2 Å². The van der Waals surface area contributed by atoms with Gasteiger partial charge < -0.3 is 14.5 Å². The minimum Gasteiger partial charge on any atom is -0.494 e. The molecule has 0 unspecified atom stereocenters. The predicted octanol–water partition coefficient (Wildman–Crippen LogP) is 3.10. The van der Waals surface area contributed by atoms with Crippen LogP contribution in [0.1, 0.15) is 18.3 Å². The highest BCUT2D eigenvalue weighted by molar-refractivity contribution is 5.54. The summed E-state index contributed by atoms with van der Waals surface area (Å²) in [6.45, 7) is 2.49. The number of hydrogen-bond donors (Lipinski definition) is 1. The van der Waals surface area contributed by atoms with Crippen LogP contribution in [-0.4, -0.2) is 38.0 Å². The zero-order valence-electron chi connectivity index (χ0n) is 17.4. The molecule has 4 aromatic rings. The molecule has 0 spiro atoms. The van der Waals surface area contributed by atoms with Gasteiger partial charge in [0, 0.05) is 19.7 Å². The van der Waals surface area contributed by atoms with Crippen molar-refractivity contribution in [1.29, 1.82) is 0 Å². The number of nitrogens with zero attached hydrogens (tertiary/aromatic N) is 4. The van der Waals surface area contributed by atoms with E-state index in [0.29, 0.717) is 35.9 Å². The molecular weight excluding hydrogens is 401 g/mol. The fraction of sp³-hybridized carbons (Fsp3) is 0.227. The molecule has 0 atom stereocenters. The fourth-order valence-electron chi connectivity index (χ4n) is 3.28. The number of H-pyrrole nitrogens is 1. The lowest BCUT2D eigenvalue weighted by molar-refractivity contribution is 0.340. The van der Waals surface area contributed by atoms with Crippen molar-refractivity contribution < 1.29 is 13.9 Å². The molecule has 0 radical (unpaired) electrons. The Labute approximate surface area is 177 Å². The number of aromatic amines is 1. The molecule has 0 fully saturated rings. The van der Waals surface area contributed by atoms with Gasteiger partial charge in [-0.15, -0.1) is 0 Å². The first-order valence-corrected chi connectivity index (χ1v) is 9.76. The van der Waals surface area contributed by atoms with E-state index in [1.807, 2.05) is 31.2 Å². The van der Waals surface area contributed by atoms with E-state index in [4.69, 9.17) is 9.47 Å². The lowest BCUT2D eigenvalue weighted by Gasteiger charge is -2.07. The zero-order valence-corrected chi connectivity index (χ0v) is 17.4. The van der Waals surface area contributed by atoms with Gasteiger partial charge in [0.05, 0.1) is 19.4 Å². The third-order valence-corrected chi connectivity index (χ3v) is 4.85. The van der Waals surface area contributed by atoms with Crippen LogP contribution in [0.3, 0.4) is 0 Å². The number of nitrogens with one attached hydrogen (secondary N) is 1. The highest BCUT2D eigenvalue weighted by Crippen LogP contribution is 2.24. The van der Waals surface area contributed by atoms with Gasteiger partial charge in [-0.25, -0.2) is 18.9 Å². The normalized spacial score (nSPS) is 11.0. The molecule has 0 aliphatic rings. The second-order valence-corrected chi connectivity index (χ2v) is 6.87. The van der Waals surface area contributed by atoms with Crippen molar-refractivity contribution >= 4 is 0 Å². The summed E-state index contributed by atoms with van der Waals surface area (Å²) < 4.78 is 27.7. The molecule has 2 aromatic carbocycles. The smallest absolute Gasteiger partial charge is 0.325 e. The van der Waals surface area contributed by atoms with Crippen LogP contribution in [0.15, 0.2) is 53.5 Å². The molecule has 2 heterocycles. The Kier molecular flexibility index (Phi) is 5.57. The molecule has 1 N–H and O–H groups in total. The van der Waals surface area contributed by atoms with E-state index >= 15 is 0 Å². The number of methoxy groups -OCH3 is 1. The van der Waals surface area contributed by atoms with Crippen LogP contribution < -0.4 is 15.2 Å². The number of halogens is 1. The molecule has 0 saturated carbocycles. The summed E-state index contributed by atoms with van der Waals surface area (Å²) in [7, 11) is 3.08. The van der Waals surface area contributed by atoms with Gasteiger partial charge in [0.1, 0.15) is 11.4 Å². The summed E-state index contributed by atoms with van der Waals surface area (Å²) >= 11 is 0. The molecule has 8 nitrogen and oxygen atoms in total. The number of benzene rings is 2. The van der Waals surface area contributed by atoms with Crippen molar-refractivity contribution in [2.75, 3.05) is 13.7 Å². The lowest BCUT2D eigenvalue weighted by atomic mass is 10.1. The average Bonchev–Trinajstić information content (AvgIpc) is 3.32. The number of hydrogen-bond acceptors (Lipinski definition) is 5. The molecule has 0 amide bonds. The Balaban J connectivity index is 1.76. The first kappa shape index (κ1) is 20.4. The predicted molar refractivity (Wildman–Crippen MR) is 113 cm³/mol. The van der Waals surface area contributed by atoms with Gasteiger partial charge in [0.25, 0.3) is 0 Å². The highest BCUT2D eigenvalue weighted by atomic mass is 19.1. The van der Waals surface area contributed by atoms with E-state index in [1.54, 1.807) is 30.1 Å². The van der Waals surface area contributed by atoms with Crippen LogP contribution in [0.4, 0.5) is 4.39 Å². The minimum absolute atomic E-state index is 0.180. The Morgan fingerprint density at radius 1 is 1.16 bits per heavy atom. The summed E-state index contributed by atoms with van der Waals surface area (Å²) in [5.41, 5.74) is 1.79. The van der Waals surface area contributed by atoms with Gasteiger partial charge in [0.2, 0.25) is 0 Å². The van der Waals surface area contributed by atoms with Crippen molar-refractivity contribution in [3.8, 4) is 28.7 Å². The van der Waals surface area contributed by atoms with Gasteiger partial charge in [-0.3, -0.25) is 4.57 Å². The van der Waals surface area contributed by atoms with Gasteiger partial charge in [-0.1, -0.05) is 6.07 Å². The Morgan fingerprint density at radius 3 is 2.55 bits per heavy atom. The molecule has 9 heteroatoms. The van der Waals surface area contributed by atoms with Crippen molar-refractivity contribution in [2.45, 2.75) is 13.3 Å². The first-order chi connectivity index (χ1) is 15.0. The molecule has 0 aliphatic carbocycles.